The zero-order chi connectivity index (χ0) is 15.7. The molecule has 1 aromatic rings. The second-order valence-corrected chi connectivity index (χ2v) is 6.19. The van der Waals surface area contributed by atoms with Crippen molar-refractivity contribution in [3.8, 4) is 5.75 Å². The summed E-state index contributed by atoms with van der Waals surface area (Å²) < 4.78 is 0. The van der Waals surface area contributed by atoms with Crippen LogP contribution in [0, 0.1) is 16.0 Å². The van der Waals surface area contributed by atoms with E-state index in [1.54, 1.807) is 0 Å². The van der Waals surface area contributed by atoms with Crippen LogP contribution in [0.4, 0.5) is 11.4 Å². The molecule has 2 atom stereocenters. The first kappa shape index (κ1) is 14.8. The lowest BCUT2D eigenvalue weighted by Gasteiger charge is -2.28. The van der Waals surface area contributed by atoms with Gasteiger partial charge in [0, 0.05) is 30.6 Å². The Morgan fingerprint density at radius 3 is 2.68 bits per heavy atom. The molecule has 2 bridgehead atoms. The van der Waals surface area contributed by atoms with Gasteiger partial charge in [0.25, 0.3) is 5.69 Å². The van der Waals surface area contributed by atoms with Gasteiger partial charge in [-0.3, -0.25) is 14.9 Å². The largest absolute Gasteiger partial charge is 0.506 e. The highest BCUT2D eigenvalue weighted by Gasteiger charge is 2.34. The fourth-order valence-electron chi connectivity index (χ4n) is 3.54. The number of fused-ring (bicyclic) bond motifs is 2. The molecule has 2 saturated heterocycles. The second-order valence-electron chi connectivity index (χ2n) is 6.19. The van der Waals surface area contributed by atoms with Gasteiger partial charge in [-0.15, -0.1) is 0 Å². The summed E-state index contributed by atoms with van der Waals surface area (Å²) in [5.74, 6) is -0.0361. The van der Waals surface area contributed by atoms with Gasteiger partial charge in [0.1, 0.15) is 5.75 Å². The molecule has 2 fully saturated rings. The third kappa shape index (κ3) is 3.19. The molecule has 0 radical (unpaired) electrons. The summed E-state index contributed by atoms with van der Waals surface area (Å²) in [6, 6.07) is 4.64. The van der Waals surface area contributed by atoms with E-state index in [4.69, 9.17) is 0 Å². The van der Waals surface area contributed by atoms with Crippen LogP contribution in [0.25, 0.3) is 0 Å². The third-order valence-electron chi connectivity index (χ3n) is 4.51. The zero-order valence-corrected chi connectivity index (χ0v) is 12.1. The fourth-order valence-corrected chi connectivity index (χ4v) is 3.54. The van der Waals surface area contributed by atoms with E-state index in [0.29, 0.717) is 24.4 Å². The van der Waals surface area contributed by atoms with E-state index in [-0.39, 0.29) is 23.0 Å². The summed E-state index contributed by atoms with van der Waals surface area (Å²) >= 11 is 0. The highest BCUT2D eigenvalue weighted by Crippen LogP contribution is 2.33. The molecule has 3 N–H and O–H groups in total. The van der Waals surface area contributed by atoms with Crippen molar-refractivity contribution in [2.24, 2.45) is 5.92 Å². The number of hydrogen-bond donors (Lipinski definition) is 3. The van der Waals surface area contributed by atoms with Gasteiger partial charge in [0.2, 0.25) is 5.91 Å². The maximum Gasteiger partial charge on any atom is 0.271 e. The van der Waals surface area contributed by atoms with Crippen LogP contribution in [0.1, 0.15) is 32.1 Å². The van der Waals surface area contributed by atoms with E-state index >= 15 is 0 Å². The van der Waals surface area contributed by atoms with Gasteiger partial charge in [0.05, 0.1) is 10.6 Å². The molecule has 0 aliphatic carbocycles. The average molecular weight is 305 g/mol. The Labute approximate surface area is 127 Å². The van der Waals surface area contributed by atoms with Gasteiger partial charge in [-0.25, -0.2) is 0 Å². The number of carbonyl (C=O) groups is 1. The van der Waals surface area contributed by atoms with Crippen molar-refractivity contribution in [3.63, 3.8) is 0 Å². The molecule has 2 heterocycles. The molecule has 0 saturated carbocycles. The number of nitro groups is 1. The topological polar surface area (TPSA) is 104 Å². The first-order valence-electron chi connectivity index (χ1n) is 7.54. The monoisotopic (exact) mass is 305 g/mol. The van der Waals surface area contributed by atoms with Gasteiger partial charge in [-0.2, -0.15) is 0 Å². The van der Waals surface area contributed by atoms with E-state index in [0.717, 1.165) is 12.8 Å². The molecule has 3 rings (SSSR count). The Morgan fingerprint density at radius 2 is 2.05 bits per heavy atom. The summed E-state index contributed by atoms with van der Waals surface area (Å²) in [4.78, 5) is 22.3. The van der Waals surface area contributed by atoms with Crippen molar-refractivity contribution >= 4 is 17.3 Å². The fraction of sp³-hybridized carbons (Fsp3) is 0.533. The molecule has 0 spiro atoms. The SMILES string of the molecule is O=C(CC1CC2CCC(C1)N2)Nc1cc([N+](=O)[O-])ccc1O. The van der Waals surface area contributed by atoms with Crippen LogP contribution in [0.15, 0.2) is 18.2 Å². The van der Waals surface area contributed by atoms with Crippen molar-refractivity contribution in [2.75, 3.05) is 5.32 Å². The molecule has 0 aromatic heterocycles. The van der Waals surface area contributed by atoms with E-state index in [9.17, 15) is 20.0 Å². The number of nitro benzene ring substituents is 1. The molecular formula is C15H19N3O4. The lowest BCUT2D eigenvalue weighted by Crippen LogP contribution is -2.39. The van der Waals surface area contributed by atoms with Gasteiger partial charge in [-0.05, 0) is 37.7 Å². The van der Waals surface area contributed by atoms with Gasteiger partial charge >= 0.3 is 0 Å². The molecule has 7 heteroatoms. The minimum atomic E-state index is -0.556. The standard InChI is InChI=1S/C15H19N3O4/c19-14-4-3-12(18(21)22)8-13(14)17-15(20)7-9-5-10-1-2-11(6-9)16-10/h3-4,8-11,16,19H,1-2,5-7H2,(H,17,20). The number of aromatic hydroxyl groups is 1. The molecule has 7 nitrogen and oxygen atoms in total. The quantitative estimate of drug-likeness (QED) is 0.449. The maximum atomic E-state index is 12.1. The number of piperidine rings is 1. The number of benzene rings is 1. The van der Waals surface area contributed by atoms with Crippen LogP contribution in [0.5, 0.6) is 5.75 Å². The summed E-state index contributed by atoms with van der Waals surface area (Å²) in [5, 5.41) is 26.6. The molecule has 1 aromatic carbocycles. The lowest BCUT2D eigenvalue weighted by atomic mass is 9.89. The van der Waals surface area contributed by atoms with Crippen LogP contribution < -0.4 is 10.6 Å². The van der Waals surface area contributed by atoms with Crippen LogP contribution in [-0.4, -0.2) is 28.0 Å². The zero-order valence-electron chi connectivity index (χ0n) is 12.1. The van der Waals surface area contributed by atoms with E-state index in [1.165, 1.54) is 31.0 Å². The second kappa shape index (κ2) is 5.92. The van der Waals surface area contributed by atoms with Gasteiger partial charge < -0.3 is 15.7 Å². The minimum Gasteiger partial charge on any atom is -0.506 e. The van der Waals surface area contributed by atoms with E-state index < -0.39 is 4.92 Å². The Kier molecular flexibility index (Phi) is 3.98. The Balaban J connectivity index is 1.62. The number of rotatable bonds is 4. The molecule has 2 unspecified atom stereocenters. The highest BCUT2D eigenvalue weighted by molar-refractivity contribution is 5.92. The summed E-state index contributed by atoms with van der Waals surface area (Å²) in [5.41, 5.74) is -0.0656. The number of carbonyl (C=O) groups excluding carboxylic acids is 1. The van der Waals surface area contributed by atoms with Crippen molar-refractivity contribution < 1.29 is 14.8 Å². The number of nitrogens with zero attached hydrogens (tertiary/aromatic N) is 1. The van der Waals surface area contributed by atoms with Gasteiger partial charge in [-0.1, -0.05) is 0 Å². The molecular weight excluding hydrogens is 286 g/mol. The van der Waals surface area contributed by atoms with Crippen molar-refractivity contribution in [1.82, 2.24) is 5.32 Å². The van der Waals surface area contributed by atoms with Crippen LogP contribution in [0.2, 0.25) is 0 Å². The third-order valence-corrected chi connectivity index (χ3v) is 4.51. The number of non-ortho nitro benzene ring substituents is 1. The van der Waals surface area contributed by atoms with Gasteiger partial charge in [0.15, 0.2) is 0 Å². The van der Waals surface area contributed by atoms with Crippen molar-refractivity contribution in [2.45, 2.75) is 44.2 Å². The maximum absolute atomic E-state index is 12.1. The van der Waals surface area contributed by atoms with E-state index in [2.05, 4.69) is 10.6 Å². The molecule has 22 heavy (non-hydrogen) atoms. The van der Waals surface area contributed by atoms with Crippen molar-refractivity contribution in [3.05, 3.63) is 28.3 Å². The summed E-state index contributed by atoms with van der Waals surface area (Å²) in [6.45, 7) is 0. The Bertz CT molecular complexity index is 592. The van der Waals surface area contributed by atoms with Crippen LogP contribution in [-0.2, 0) is 4.79 Å². The summed E-state index contributed by atoms with van der Waals surface area (Å²) in [7, 11) is 0. The average Bonchev–Trinajstić information content (AvgIpc) is 2.80. The van der Waals surface area contributed by atoms with Crippen molar-refractivity contribution in [1.29, 1.82) is 0 Å². The number of phenolic OH excluding ortho intramolecular Hbond substituents is 1. The number of phenols is 1. The Hall–Kier alpha value is -2.15. The molecule has 2 aliphatic rings. The summed E-state index contributed by atoms with van der Waals surface area (Å²) in [6.07, 6.45) is 4.72. The minimum absolute atomic E-state index is 0.0936. The molecule has 2 aliphatic heterocycles. The predicted molar refractivity (Wildman–Crippen MR) is 80.7 cm³/mol. The Morgan fingerprint density at radius 1 is 1.36 bits per heavy atom. The lowest BCUT2D eigenvalue weighted by molar-refractivity contribution is -0.384. The smallest absolute Gasteiger partial charge is 0.271 e. The number of nitrogens with one attached hydrogen (secondary N) is 2. The van der Waals surface area contributed by atoms with Crippen LogP contribution >= 0.6 is 0 Å². The number of anilines is 1. The normalized spacial score (nSPS) is 26.6. The number of amides is 1. The van der Waals surface area contributed by atoms with E-state index in [1.807, 2.05) is 0 Å². The number of hydrogen-bond acceptors (Lipinski definition) is 5. The molecule has 1 amide bonds. The molecule has 118 valence electrons. The first-order valence-corrected chi connectivity index (χ1v) is 7.54. The van der Waals surface area contributed by atoms with Crippen LogP contribution in [0.3, 0.4) is 0 Å². The predicted octanol–water partition coefficient (Wildman–Crippen LogP) is 2.16. The first-order chi connectivity index (χ1) is 10.5. The highest BCUT2D eigenvalue weighted by atomic mass is 16.6.